The molecule has 37 heavy (non-hydrogen) atoms. The van der Waals surface area contributed by atoms with Crippen molar-refractivity contribution >= 4 is 29.0 Å². The number of nitrogen functional groups attached to an aromatic ring is 1. The SMILES string of the molecule is Nc1ccc(-c2ccccc2)cc1NC(=O)c1ccc(N2CCC3(CCN(c4ncccn4)C3)C2)nc1. The van der Waals surface area contributed by atoms with E-state index in [9.17, 15) is 4.79 Å². The average molecular weight is 492 g/mol. The predicted molar refractivity (Wildman–Crippen MR) is 147 cm³/mol. The zero-order valence-corrected chi connectivity index (χ0v) is 20.5. The van der Waals surface area contributed by atoms with Gasteiger partial charge in [-0.05, 0) is 54.3 Å². The van der Waals surface area contributed by atoms with Gasteiger partial charge in [0, 0.05) is 50.2 Å². The molecule has 4 aromatic rings. The van der Waals surface area contributed by atoms with Crippen molar-refractivity contribution in [2.24, 2.45) is 5.41 Å². The van der Waals surface area contributed by atoms with Crippen molar-refractivity contribution in [1.29, 1.82) is 0 Å². The van der Waals surface area contributed by atoms with Gasteiger partial charge >= 0.3 is 0 Å². The number of rotatable bonds is 5. The second-order valence-corrected chi connectivity index (χ2v) is 9.92. The molecular formula is C29H29N7O. The molecule has 1 atom stereocenters. The third kappa shape index (κ3) is 4.70. The van der Waals surface area contributed by atoms with E-state index in [1.165, 1.54) is 0 Å². The van der Waals surface area contributed by atoms with Crippen LogP contribution in [0.5, 0.6) is 0 Å². The summed E-state index contributed by atoms with van der Waals surface area (Å²) in [5.74, 6) is 1.47. The lowest BCUT2D eigenvalue weighted by Crippen LogP contribution is -2.31. The van der Waals surface area contributed by atoms with E-state index in [4.69, 9.17) is 5.73 Å². The van der Waals surface area contributed by atoms with E-state index in [0.29, 0.717) is 16.9 Å². The fourth-order valence-electron chi connectivity index (χ4n) is 5.40. The van der Waals surface area contributed by atoms with Crippen LogP contribution in [0.4, 0.5) is 23.1 Å². The highest BCUT2D eigenvalue weighted by molar-refractivity contribution is 6.06. The number of nitrogens with zero attached hydrogens (tertiary/aromatic N) is 5. The Morgan fingerprint density at radius 3 is 2.35 bits per heavy atom. The Morgan fingerprint density at radius 1 is 0.838 bits per heavy atom. The van der Waals surface area contributed by atoms with Crippen LogP contribution in [0.2, 0.25) is 0 Å². The van der Waals surface area contributed by atoms with Gasteiger partial charge in [-0.25, -0.2) is 15.0 Å². The normalized spacial score (nSPS) is 18.9. The molecule has 0 bridgehead atoms. The number of nitrogens with one attached hydrogen (secondary N) is 1. The molecular weight excluding hydrogens is 462 g/mol. The first-order valence-electron chi connectivity index (χ1n) is 12.6. The van der Waals surface area contributed by atoms with Crippen molar-refractivity contribution in [3.8, 4) is 11.1 Å². The van der Waals surface area contributed by atoms with Gasteiger partial charge in [-0.3, -0.25) is 4.79 Å². The number of benzene rings is 2. The molecule has 2 fully saturated rings. The lowest BCUT2D eigenvalue weighted by atomic mass is 9.86. The third-order valence-corrected chi connectivity index (χ3v) is 7.45. The quantitative estimate of drug-likeness (QED) is 0.397. The van der Waals surface area contributed by atoms with Crippen LogP contribution in [0.15, 0.2) is 85.3 Å². The molecule has 4 heterocycles. The molecule has 2 aromatic carbocycles. The minimum atomic E-state index is -0.233. The number of hydrogen-bond donors (Lipinski definition) is 2. The minimum absolute atomic E-state index is 0.220. The van der Waals surface area contributed by atoms with Crippen molar-refractivity contribution in [2.75, 3.05) is 47.0 Å². The summed E-state index contributed by atoms with van der Waals surface area (Å²) in [4.78, 5) is 31.1. The van der Waals surface area contributed by atoms with Crippen LogP contribution in [0.1, 0.15) is 23.2 Å². The number of carbonyl (C=O) groups excluding carboxylic acids is 1. The van der Waals surface area contributed by atoms with E-state index in [2.05, 4.69) is 30.1 Å². The summed E-state index contributed by atoms with van der Waals surface area (Å²) in [5.41, 5.74) is 10.0. The summed E-state index contributed by atoms with van der Waals surface area (Å²) in [5, 5.41) is 2.95. The molecule has 8 heteroatoms. The monoisotopic (exact) mass is 491 g/mol. The number of pyridine rings is 1. The standard InChI is InChI=1S/C29H29N7O/c30-24-9-7-22(21-5-2-1-3-6-21)17-25(24)34-27(37)23-8-10-26(33-18-23)35-15-11-29(19-35)12-16-36(20-29)28-31-13-4-14-32-28/h1-10,13-14,17-18H,11-12,15-16,19-20,30H2,(H,34,37). The molecule has 2 aromatic heterocycles. The summed E-state index contributed by atoms with van der Waals surface area (Å²) < 4.78 is 0. The van der Waals surface area contributed by atoms with Gasteiger partial charge in [0.2, 0.25) is 5.95 Å². The zero-order valence-electron chi connectivity index (χ0n) is 20.5. The predicted octanol–water partition coefficient (Wildman–Crippen LogP) is 4.48. The van der Waals surface area contributed by atoms with E-state index in [0.717, 1.165) is 61.9 Å². The Labute approximate surface area is 216 Å². The molecule has 2 aliphatic heterocycles. The highest BCUT2D eigenvalue weighted by Crippen LogP contribution is 2.41. The van der Waals surface area contributed by atoms with Crippen LogP contribution in [0, 0.1) is 5.41 Å². The Hall–Kier alpha value is -4.46. The first-order valence-corrected chi connectivity index (χ1v) is 12.6. The molecule has 0 saturated carbocycles. The van der Waals surface area contributed by atoms with Gasteiger partial charge in [-0.1, -0.05) is 36.4 Å². The van der Waals surface area contributed by atoms with Crippen LogP contribution >= 0.6 is 0 Å². The van der Waals surface area contributed by atoms with Crippen molar-refractivity contribution < 1.29 is 4.79 Å². The third-order valence-electron chi connectivity index (χ3n) is 7.45. The summed E-state index contributed by atoms with van der Waals surface area (Å²) >= 11 is 0. The topological polar surface area (TPSA) is 100 Å². The lowest BCUT2D eigenvalue weighted by Gasteiger charge is -2.25. The van der Waals surface area contributed by atoms with Crippen molar-refractivity contribution in [1.82, 2.24) is 15.0 Å². The number of hydrogen-bond acceptors (Lipinski definition) is 7. The number of carbonyl (C=O) groups is 1. The number of nitrogens with two attached hydrogens (primary N) is 1. The Kier molecular flexibility index (Phi) is 5.92. The summed E-state index contributed by atoms with van der Waals surface area (Å²) in [6, 6.07) is 21.3. The number of amides is 1. The van der Waals surface area contributed by atoms with E-state index in [-0.39, 0.29) is 11.3 Å². The van der Waals surface area contributed by atoms with Gasteiger partial charge in [-0.15, -0.1) is 0 Å². The van der Waals surface area contributed by atoms with Crippen LogP contribution in [0.3, 0.4) is 0 Å². The second kappa shape index (κ2) is 9.54. The van der Waals surface area contributed by atoms with Crippen LogP contribution in [-0.2, 0) is 0 Å². The Bertz CT molecular complexity index is 1400. The molecule has 1 amide bonds. The molecule has 3 N–H and O–H groups in total. The largest absolute Gasteiger partial charge is 0.397 e. The zero-order chi connectivity index (χ0) is 25.2. The molecule has 1 unspecified atom stereocenters. The molecule has 0 radical (unpaired) electrons. The van der Waals surface area contributed by atoms with Gasteiger partial charge in [-0.2, -0.15) is 0 Å². The Morgan fingerprint density at radius 2 is 1.59 bits per heavy atom. The second-order valence-electron chi connectivity index (χ2n) is 9.92. The van der Waals surface area contributed by atoms with Crippen molar-refractivity contribution in [2.45, 2.75) is 12.8 Å². The minimum Gasteiger partial charge on any atom is -0.397 e. The van der Waals surface area contributed by atoms with E-state index in [1.807, 2.05) is 66.7 Å². The van der Waals surface area contributed by atoms with Crippen LogP contribution in [-0.4, -0.2) is 47.0 Å². The van der Waals surface area contributed by atoms with Crippen LogP contribution < -0.4 is 20.9 Å². The number of aromatic nitrogens is 3. The average Bonchev–Trinajstić information content (AvgIpc) is 3.57. The highest BCUT2D eigenvalue weighted by atomic mass is 16.1. The molecule has 2 saturated heterocycles. The van der Waals surface area contributed by atoms with Gasteiger partial charge in [0.05, 0.1) is 16.9 Å². The number of anilines is 4. The van der Waals surface area contributed by atoms with Gasteiger partial charge in [0.15, 0.2) is 0 Å². The van der Waals surface area contributed by atoms with Crippen LogP contribution in [0.25, 0.3) is 11.1 Å². The fraction of sp³-hybridized carbons (Fsp3) is 0.241. The smallest absolute Gasteiger partial charge is 0.257 e. The lowest BCUT2D eigenvalue weighted by molar-refractivity contribution is 0.102. The maximum Gasteiger partial charge on any atom is 0.257 e. The molecule has 186 valence electrons. The molecule has 8 nitrogen and oxygen atoms in total. The molecule has 0 aliphatic carbocycles. The van der Waals surface area contributed by atoms with E-state index >= 15 is 0 Å². The first-order chi connectivity index (χ1) is 18.1. The highest BCUT2D eigenvalue weighted by Gasteiger charge is 2.44. The van der Waals surface area contributed by atoms with E-state index < -0.39 is 0 Å². The summed E-state index contributed by atoms with van der Waals surface area (Å²) in [6.45, 7) is 3.82. The first kappa shape index (κ1) is 23.0. The summed E-state index contributed by atoms with van der Waals surface area (Å²) in [7, 11) is 0. The van der Waals surface area contributed by atoms with Gasteiger partial charge in [0.25, 0.3) is 5.91 Å². The maximum atomic E-state index is 13.0. The van der Waals surface area contributed by atoms with Crippen molar-refractivity contribution in [3.63, 3.8) is 0 Å². The van der Waals surface area contributed by atoms with E-state index in [1.54, 1.807) is 18.6 Å². The van der Waals surface area contributed by atoms with Gasteiger partial charge < -0.3 is 20.9 Å². The fourth-order valence-corrected chi connectivity index (χ4v) is 5.40. The van der Waals surface area contributed by atoms with Crippen molar-refractivity contribution in [3.05, 3.63) is 90.9 Å². The Balaban J connectivity index is 1.11. The molecule has 1 spiro atoms. The maximum absolute atomic E-state index is 13.0. The molecule has 2 aliphatic rings. The van der Waals surface area contributed by atoms with Gasteiger partial charge in [0.1, 0.15) is 5.82 Å². The molecule has 6 rings (SSSR count). The summed E-state index contributed by atoms with van der Waals surface area (Å²) in [6.07, 6.45) is 7.46.